The van der Waals surface area contributed by atoms with Crippen LogP contribution < -0.4 is 5.32 Å². The molecule has 1 N–H and O–H groups in total. The van der Waals surface area contributed by atoms with E-state index < -0.39 is 0 Å². The molecule has 0 saturated heterocycles. The van der Waals surface area contributed by atoms with Gasteiger partial charge in [0.25, 0.3) is 0 Å². The van der Waals surface area contributed by atoms with Crippen LogP contribution in [-0.4, -0.2) is 10.9 Å². The van der Waals surface area contributed by atoms with Gasteiger partial charge in [-0.1, -0.05) is 40.5 Å². The molecular weight excluding hydrogens is 286 g/mol. The van der Waals surface area contributed by atoms with Gasteiger partial charge in [0.15, 0.2) is 0 Å². The van der Waals surface area contributed by atoms with Crippen molar-refractivity contribution < 1.29 is 0 Å². The quantitative estimate of drug-likeness (QED) is 0.803. The van der Waals surface area contributed by atoms with Crippen LogP contribution in [0.1, 0.15) is 25.7 Å². The molecule has 2 heteroatoms. The number of hydrogen-bond acceptors (Lipinski definition) is 1. The molecular formula is C16H20BrN. The lowest BCUT2D eigenvalue weighted by Gasteiger charge is -2.36. The van der Waals surface area contributed by atoms with Gasteiger partial charge >= 0.3 is 0 Å². The Morgan fingerprint density at radius 3 is 2.44 bits per heavy atom. The van der Waals surface area contributed by atoms with Gasteiger partial charge in [0.1, 0.15) is 0 Å². The van der Waals surface area contributed by atoms with Crippen LogP contribution in [0.3, 0.4) is 0 Å². The Kier molecular flexibility index (Phi) is 2.68. The second kappa shape index (κ2) is 4.26. The molecule has 96 valence electrons. The number of halogens is 1. The summed E-state index contributed by atoms with van der Waals surface area (Å²) in [6.07, 6.45) is 5.90. The molecule has 1 nitrogen and oxygen atoms in total. The largest absolute Gasteiger partial charge is 0.381 e. The first kappa shape index (κ1) is 11.3. The number of para-hydroxylation sites is 1. The van der Waals surface area contributed by atoms with E-state index in [0.29, 0.717) is 10.9 Å². The predicted octanol–water partition coefficient (Wildman–Crippen LogP) is 4.30. The maximum absolute atomic E-state index is 3.99. The Morgan fingerprint density at radius 1 is 0.944 bits per heavy atom. The van der Waals surface area contributed by atoms with E-state index in [0.717, 1.165) is 23.7 Å². The summed E-state index contributed by atoms with van der Waals surface area (Å²) in [5, 5.41) is 3.79. The van der Waals surface area contributed by atoms with Crippen molar-refractivity contribution in [2.75, 3.05) is 5.32 Å². The van der Waals surface area contributed by atoms with E-state index in [9.17, 15) is 0 Å². The minimum atomic E-state index is 0.650. The zero-order valence-electron chi connectivity index (χ0n) is 10.6. The van der Waals surface area contributed by atoms with E-state index in [1.54, 1.807) is 0 Å². The molecule has 0 heterocycles. The summed E-state index contributed by atoms with van der Waals surface area (Å²) >= 11 is 3.99. The Labute approximate surface area is 117 Å². The third-order valence-corrected chi connectivity index (χ3v) is 6.84. The van der Waals surface area contributed by atoms with Gasteiger partial charge in [-0.05, 0) is 55.1 Å². The average Bonchev–Trinajstić information content (AvgIpc) is 3.04. The average molecular weight is 306 g/mol. The van der Waals surface area contributed by atoms with Crippen LogP contribution >= 0.6 is 15.9 Å². The minimum absolute atomic E-state index is 0.650. The number of nitrogens with one attached hydrogen (secondary N) is 1. The topological polar surface area (TPSA) is 12.0 Å². The molecule has 0 aliphatic heterocycles. The first-order chi connectivity index (χ1) is 8.84. The SMILES string of the molecule is BrC1C2CC(C3CCCC23)C1Nc1ccccc1. The number of fused-ring (bicyclic) bond motifs is 5. The normalized spacial score (nSPS) is 45.2. The molecule has 0 amide bonds. The maximum Gasteiger partial charge on any atom is 0.0420 e. The fourth-order valence-electron chi connectivity index (χ4n) is 4.94. The third-order valence-electron chi connectivity index (χ3n) is 5.59. The van der Waals surface area contributed by atoms with Gasteiger partial charge in [-0.3, -0.25) is 0 Å². The summed E-state index contributed by atoms with van der Waals surface area (Å²) in [4.78, 5) is 0.682. The van der Waals surface area contributed by atoms with Crippen LogP contribution in [0, 0.1) is 23.7 Å². The van der Waals surface area contributed by atoms with Crippen LogP contribution in [0.5, 0.6) is 0 Å². The van der Waals surface area contributed by atoms with Crippen molar-refractivity contribution in [2.45, 2.75) is 36.6 Å². The fraction of sp³-hybridized carbons (Fsp3) is 0.625. The lowest BCUT2D eigenvalue weighted by atomic mass is 9.79. The molecule has 3 fully saturated rings. The van der Waals surface area contributed by atoms with Gasteiger partial charge in [-0.2, -0.15) is 0 Å². The maximum atomic E-state index is 3.99. The van der Waals surface area contributed by atoms with Gasteiger partial charge in [0.2, 0.25) is 0 Å². The van der Waals surface area contributed by atoms with Crippen LogP contribution in [0.25, 0.3) is 0 Å². The van der Waals surface area contributed by atoms with Crippen molar-refractivity contribution in [3.05, 3.63) is 30.3 Å². The first-order valence-electron chi connectivity index (χ1n) is 7.30. The second-order valence-corrected chi connectivity index (χ2v) is 7.36. The number of rotatable bonds is 2. The Balaban J connectivity index is 1.56. The standard InChI is InChI=1S/C16H20BrN/c17-15-13-9-14(12-8-4-7-11(12)13)16(15)18-10-5-2-1-3-6-10/h1-3,5-6,11-16,18H,4,7-9H2. The monoisotopic (exact) mass is 305 g/mol. The molecule has 0 aromatic heterocycles. The molecule has 6 unspecified atom stereocenters. The van der Waals surface area contributed by atoms with Crippen molar-refractivity contribution in [2.24, 2.45) is 23.7 Å². The number of anilines is 1. The molecule has 3 aliphatic carbocycles. The van der Waals surface area contributed by atoms with Crippen molar-refractivity contribution in [3.63, 3.8) is 0 Å². The summed E-state index contributed by atoms with van der Waals surface area (Å²) in [6.45, 7) is 0. The third kappa shape index (κ3) is 1.57. The summed E-state index contributed by atoms with van der Waals surface area (Å²) < 4.78 is 0. The highest BCUT2D eigenvalue weighted by Crippen LogP contribution is 2.60. The highest BCUT2D eigenvalue weighted by Gasteiger charge is 2.58. The van der Waals surface area contributed by atoms with Crippen LogP contribution in [0.4, 0.5) is 5.69 Å². The van der Waals surface area contributed by atoms with Gasteiger partial charge in [0.05, 0.1) is 0 Å². The molecule has 1 aromatic carbocycles. The van der Waals surface area contributed by atoms with Crippen LogP contribution in [-0.2, 0) is 0 Å². The molecule has 2 bridgehead atoms. The van der Waals surface area contributed by atoms with Crippen molar-refractivity contribution in [1.82, 2.24) is 0 Å². The smallest absolute Gasteiger partial charge is 0.0420 e. The van der Waals surface area contributed by atoms with Gasteiger partial charge < -0.3 is 5.32 Å². The lowest BCUT2D eigenvalue weighted by Crippen LogP contribution is -2.41. The van der Waals surface area contributed by atoms with Gasteiger partial charge in [0, 0.05) is 16.6 Å². The zero-order chi connectivity index (χ0) is 12.1. The van der Waals surface area contributed by atoms with Crippen molar-refractivity contribution in [3.8, 4) is 0 Å². The van der Waals surface area contributed by atoms with Crippen molar-refractivity contribution in [1.29, 1.82) is 0 Å². The van der Waals surface area contributed by atoms with Gasteiger partial charge in [-0.15, -0.1) is 0 Å². The fourth-order valence-corrected chi connectivity index (χ4v) is 6.07. The molecule has 3 aliphatic rings. The highest BCUT2D eigenvalue weighted by molar-refractivity contribution is 9.09. The number of alkyl halides is 1. The Hall–Kier alpha value is -0.500. The summed E-state index contributed by atoms with van der Waals surface area (Å²) in [5.74, 6) is 3.90. The van der Waals surface area contributed by atoms with E-state index >= 15 is 0 Å². The Morgan fingerprint density at radius 2 is 1.67 bits per heavy atom. The minimum Gasteiger partial charge on any atom is -0.381 e. The van der Waals surface area contributed by atoms with E-state index in [1.165, 1.54) is 31.4 Å². The molecule has 3 saturated carbocycles. The van der Waals surface area contributed by atoms with E-state index in [4.69, 9.17) is 0 Å². The summed E-state index contributed by atoms with van der Waals surface area (Å²) in [7, 11) is 0. The zero-order valence-corrected chi connectivity index (χ0v) is 12.1. The van der Waals surface area contributed by atoms with E-state index in [2.05, 4.69) is 51.6 Å². The van der Waals surface area contributed by atoms with Crippen LogP contribution in [0.15, 0.2) is 30.3 Å². The first-order valence-corrected chi connectivity index (χ1v) is 8.22. The second-order valence-electron chi connectivity index (χ2n) is 6.30. The molecule has 0 radical (unpaired) electrons. The van der Waals surface area contributed by atoms with Gasteiger partial charge in [-0.25, -0.2) is 0 Å². The molecule has 1 aromatic rings. The summed E-state index contributed by atoms with van der Waals surface area (Å²) in [5.41, 5.74) is 1.29. The lowest BCUT2D eigenvalue weighted by molar-refractivity contribution is 0.252. The number of hydrogen-bond donors (Lipinski definition) is 1. The van der Waals surface area contributed by atoms with E-state index in [1.807, 2.05) is 0 Å². The Bertz CT molecular complexity index is 432. The molecule has 18 heavy (non-hydrogen) atoms. The highest BCUT2D eigenvalue weighted by atomic mass is 79.9. The molecule has 0 spiro atoms. The molecule has 6 atom stereocenters. The van der Waals surface area contributed by atoms with Crippen molar-refractivity contribution >= 4 is 21.6 Å². The predicted molar refractivity (Wildman–Crippen MR) is 79.0 cm³/mol. The number of benzene rings is 1. The van der Waals surface area contributed by atoms with E-state index in [-0.39, 0.29) is 0 Å². The summed E-state index contributed by atoms with van der Waals surface area (Å²) in [6, 6.07) is 11.4. The van der Waals surface area contributed by atoms with Crippen LogP contribution in [0.2, 0.25) is 0 Å². The molecule has 4 rings (SSSR count).